The molecule has 0 heterocycles. The molecule has 0 saturated heterocycles. The van der Waals surface area contributed by atoms with Gasteiger partial charge in [-0.05, 0) is 33.6 Å². The van der Waals surface area contributed by atoms with Crippen molar-refractivity contribution in [2.24, 2.45) is 0 Å². The molecule has 0 aliphatic rings. The zero-order valence-corrected chi connectivity index (χ0v) is 6.70. The third kappa shape index (κ3) is 5.35. The van der Waals surface area contributed by atoms with E-state index in [4.69, 9.17) is 0 Å². The Morgan fingerprint density at radius 1 is 1.33 bits per heavy atom. The van der Waals surface area contributed by atoms with Crippen LogP contribution < -0.4 is 0 Å². The molecule has 0 aliphatic carbocycles. The molecule has 0 N–H and O–H groups in total. The fourth-order valence-electron chi connectivity index (χ4n) is 0.555. The normalized spacial score (nSPS) is 11.7. The largest absolute Gasteiger partial charge is 0.100 e. The van der Waals surface area contributed by atoms with Crippen molar-refractivity contribution in [3.8, 4) is 0 Å². The first kappa shape index (κ1) is 8.48. The summed E-state index contributed by atoms with van der Waals surface area (Å²) in [5.74, 6) is 0. The molecule has 9 heavy (non-hydrogen) atoms. The van der Waals surface area contributed by atoms with Crippen LogP contribution in [0.4, 0.5) is 0 Å². The topological polar surface area (TPSA) is 0 Å². The Kier molecular flexibility index (Phi) is 4.12. The summed E-state index contributed by atoms with van der Waals surface area (Å²) in [7, 11) is 0. The van der Waals surface area contributed by atoms with E-state index >= 15 is 0 Å². The number of hydrogen-bond acceptors (Lipinski definition) is 0. The number of hydrogen-bond donors (Lipinski definition) is 0. The van der Waals surface area contributed by atoms with Crippen LogP contribution in [0.5, 0.6) is 0 Å². The fourth-order valence-corrected chi connectivity index (χ4v) is 0.555. The van der Waals surface area contributed by atoms with Crippen LogP contribution in [-0.4, -0.2) is 0 Å². The van der Waals surface area contributed by atoms with Crippen molar-refractivity contribution in [3.63, 3.8) is 0 Å². The standard InChI is InChI=1S/C9H16/c1-5-9(4)7-6-8(2)3/h5H,2,6-7H2,1,3-4H3. The van der Waals surface area contributed by atoms with Crippen LogP contribution in [0.3, 0.4) is 0 Å². The lowest BCUT2D eigenvalue weighted by Gasteiger charge is -1.97. The van der Waals surface area contributed by atoms with E-state index in [1.807, 2.05) is 0 Å². The highest BCUT2D eigenvalue weighted by atomic mass is 13.9. The van der Waals surface area contributed by atoms with Crippen LogP contribution in [0.25, 0.3) is 0 Å². The van der Waals surface area contributed by atoms with E-state index in [-0.39, 0.29) is 0 Å². The molecule has 0 bridgehead atoms. The van der Waals surface area contributed by atoms with Gasteiger partial charge in [-0.15, -0.1) is 6.58 Å². The molecule has 0 heteroatoms. The molecule has 0 rings (SSSR count). The first-order valence-electron chi connectivity index (χ1n) is 3.43. The van der Waals surface area contributed by atoms with E-state index in [2.05, 4.69) is 33.4 Å². The van der Waals surface area contributed by atoms with Gasteiger partial charge in [-0.25, -0.2) is 0 Å². The molecule has 0 nitrogen and oxygen atoms in total. The van der Waals surface area contributed by atoms with Crippen molar-refractivity contribution >= 4 is 0 Å². The van der Waals surface area contributed by atoms with Crippen molar-refractivity contribution in [1.29, 1.82) is 0 Å². The Hall–Kier alpha value is -0.520. The first-order chi connectivity index (χ1) is 4.16. The molecule has 0 fully saturated rings. The molecule has 0 aliphatic heterocycles. The maximum atomic E-state index is 3.83. The molecular formula is C9H16. The molecule has 0 aromatic carbocycles. The van der Waals surface area contributed by atoms with Crippen molar-refractivity contribution in [1.82, 2.24) is 0 Å². The smallest absolute Gasteiger partial charge is 0.0286 e. The third-order valence-electron chi connectivity index (χ3n) is 1.44. The molecule has 0 spiro atoms. The van der Waals surface area contributed by atoms with Crippen molar-refractivity contribution in [2.75, 3.05) is 0 Å². The summed E-state index contributed by atoms with van der Waals surface area (Å²) in [6.45, 7) is 10.1. The van der Waals surface area contributed by atoms with E-state index in [9.17, 15) is 0 Å². The zero-order chi connectivity index (χ0) is 7.28. The minimum absolute atomic E-state index is 1.14. The Labute approximate surface area is 58.3 Å². The van der Waals surface area contributed by atoms with Gasteiger partial charge in [-0.1, -0.05) is 17.2 Å². The highest BCUT2D eigenvalue weighted by Crippen LogP contribution is 2.07. The van der Waals surface area contributed by atoms with E-state index in [0.717, 1.165) is 6.42 Å². The van der Waals surface area contributed by atoms with Gasteiger partial charge in [0.25, 0.3) is 0 Å². The van der Waals surface area contributed by atoms with Crippen molar-refractivity contribution in [3.05, 3.63) is 23.8 Å². The summed E-state index contributed by atoms with van der Waals surface area (Å²) in [5, 5.41) is 0. The monoisotopic (exact) mass is 124 g/mol. The summed E-state index contributed by atoms with van der Waals surface area (Å²) in [5.41, 5.74) is 2.73. The molecule has 0 unspecified atom stereocenters. The van der Waals surface area contributed by atoms with Gasteiger partial charge in [0.2, 0.25) is 0 Å². The van der Waals surface area contributed by atoms with Gasteiger partial charge in [-0.3, -0.25) is 0 Å². The second-order valence-electron chi connectivity index (χ2n) is 2.59. The van der Waals surface area contributed by atoms with Crippen LogP contribution in [0, 0.1) is 0 Å². The SMILES string of the molecule is C=C(C)CCC(C)=CC. The quantitative estimate of drug-likeness (QED) is 0.506. The highest BCUT2D eigenvalue weighted by Gasteiger charge is 1.87. The Morgan fingerprint density at radius 2 is 1.89 bits per heavy atom. The molecule has 52 valence electrons. The van der Waals surface area contributed by atoms with Crippen molar-refractivity contribution < 1.29 is 0 Å². The summed E-state index contributed by atoms with van der Waals surface area (Å²) < 4.78 is 0. The van der Waals surface area contributed by atoms with E-state index in [1.54, 1.807) is 0 Å². The molecule has 0 saturated carbocycles. The second kappa shape index (κ2) is 4.37. The Balaban J connectivity index is 3.39. The molecule has 0 amide bonds. The van der Waals surface area contributed by atoms with Gasteiger partial charge in [0, 0.05) is 0 Å². The summed E-state index contributed by atoms with van der Waals surface area (Å²) >= 11 is 0. The number of rotatable bonds is 3. The zero-order valence-electron chi connectivity index (χ0n) is 6.70. The van der Waals surface area contributed by atoms with Crippen LogP contribution in [0.2, 0.25) is 0 Å². The number of allylic oxidation sites excluding steroid dienone is 3. The third-order valence-corrected chi connectivity index (χ3v) is 1.44. The summed E-state index contributed by atoms with van der Waals surface area (Å²) in [6.07, 6.45) is 4.46. The molecule has 0 radical (unpaired) electrons. The maximum Gasteiger partial charge on any atom is -0.0286 e. The predicted octanol–water partition coefficient (Wildman–Crippen LogP) is 3.31. The van der Waals surface area contributed by atoms with Crippen LogP contribution in [0.15, 0.2) is 23.8 Å². The molecular weight excluding hydrogens is 108 g/mol. The molecule has 0 aromatic rings. The predicted molar refractivity (Wildman–Crippen MR) is 43.5 cm³/mol. The van der Waals surface area contributed by atoms with Gasteiger partial charge in [0.15, 0.2) is 0 Å². The Bertz CT molecular complexity index is 118. The van der Waals surface area contributed by atoms with E-state index in [0.29, 0.717) is 0 Å². The van der Waals surface area contributed by atoms with E-state index in [1.165, 1.54) is 17.6 Å². The average Bonchev–Trinajstić information content (AvgIpc) is 1.83. The fraction of sp³-hybridized carbons (Fsp3) is 0.556. The van der Waals surface area contributed by atoms with Crippen LogP contribution >= 0.6 is 0 Å². The Morgan fingerprint density at radius 3 is 2.22 bits per heavy atom. The summed E-state index contributed by atoms with van der Waals surface area (Å²) in [4.78, 5) is 0. The van der Waals surface area contributed by atoms with Gasteiger partial charge in [-0.2, -0.15) is 0 Å². The van der Waals surface area contributed by atoms with Gasteiger partial charge >= 0.3 is 0 Å². The first-order valence-corrected chi connectivity index (χ1v) is 3.43. The second-order valence-corrected chi connectivity index (χ2v) is 2.59. The van der Waals surface area contributed by atoms with Gasteiger partial charge in [0.1, 0.15) is 0 Å². The van der Waals surface area contributed by atoms with Crippen molar-refractivity contribution in [2.45, 2.75) is 33.6 Å². The average molecular weight is 124 g/mol. The lowest BCUT2D eigenvalue weighted by molar-refractivity contribution is 0.926. The lowest BCUT2D eigenvalue weighted by Crippen LogP contribution is -1.77. The molecule has 0 atom stereocenters. The minimum Gasteiger partial charge on any atom is -0.100 e. The lowest BCUT2D eigenvalue weighted by atomic mass is 10.1. The maximum absolute atomic E-state index is 3.83. The minimum atomic E-state index is 1.14. The summed E-state index contributed by atoms with van der Waals surface area (Å²) in [6, 6.07) is 0. The van der Waals surface area contributed by atoms with E-state index < -0.39 is 0 Å². The van der Waals surface area contributed by atoms with Gasteiger partial charge < -0.3 is 0 Å². The van der Waals surface area contributed by atoms with Crippen LogP contribution in [-0.2, 0) is 0 Å². The van der Waals surface area contributed by atoms with Crippen LogP contribution in [0.1, 0.15) is 33.6 Å². The molecule has 0 aromatic heterocycles. The highest BCUT2D eigenvalue weighted by molar-refractivity contribution is 5.00. The van der Waals surface area contributed by atoms with Gasteiger partial charge in [0.05, 0.1) is 0 Å².